The molecule has 8 heteroatoms. The molecule has 2 aromatic carbocycles. The van der Waals surface area contributed by atoms with E-state index in [0.29, 0.717) is 27.2 Å². The number of hydrogen-bond donors (Lipinski definition) is 1. The van der Waals surface area contributed by atoms with E-state index in [9.17, 15) is 9.59 Å². The Labute approximate surface area is 164 Å². The Balaban J connectivity index is 1.61. The molecule has 0 atom stereocenters. The smallest absolute Gasteiger partial charge is 0.325 e. The van der Waals surface area contributed by atoms with E-state index in [4.69, 9.17) is 23.2 Å². The minimum atomic E-state index is -0.102. The van der Waals surface area contributed by atoms with Crippen molar-refractivity contribution < 1.29 is 4.79 Å². The van der Waals surface area contributed by atoms with E-state index in [1.807, 2.05) is 12.1 Å². The third kappa shape index (κ3) is 3.92. The molecule has 0 saturated heterocycles. The van der Waals surface area contributed by atoms with Crippen LogP contribution in [0.3, 0.4) is 0 Å². The van der Waals surface area contributed by atoms with Crippen molar-refractivity contribution in [2.24, 2.45) is 14.1 Å². The monoisotopic (exact) mass is 409 g/mol. The van der Waals surface area contributed by atoms with Crippen molar-refractivity contribution in [2.75, 3.05) is 11.1 Å². The highest BCUT2D eigenvalue weighted by Crippen LogP contribution is 2.25. The highest BCUT2D eigenvalue weighted by molar-refractivity contribution is 7.99. The summed E-state index contributed by atoms with van der Waals surface area (Å²) in [6.45, 7) is 0. The molecule has 0 aliphatic carbocycles. The summed E-state index contributed by atoms with van der Waals surface area (Å²) in [5, 5.41) is 3.89. The lowest BCUT2D eigenvalue weighted by Crippen LogP contribution is -2.19. The fraction of sp³-hybridized carbons (Fsp3) is 0.222. The fourth-order valence-electron chi connectivity index (χ4n) is 2.67. The van der Waals surface area contributed by atoms with E-state index in [1.165, 1.54) is 11.8 Å². The molecule has 0 saturated carbocycles. The van der Waals surface area contributed by atoms with Crippen LogP contribution in [0.15, 0.2) is 41.2 Å². The third-order valence-corrected chi connectivity index (χ3v) is 5.78. The van der Waals surface area contributed by atoms with Crippen LogP contribution in [0.25, 0.3) is 11.0 Å². The Morgan fingerprint density at radius 2 is 1.77 bits per heavy atom. The van der Waals surface area contributed by atoms with Gasteiger partial charge in [-0.1, -0.05) is 29.3 Å². The maximum Gasteiger partial charge on any atom is 0.328 e. The number of amides is 1. The standard InChI is InChI=1S/C18H17Cl2N3O2S/c1-22-15-6-4-12(8-16(15)23(2)18(22)25)21-17(24)10-26-9-11-3-5-13(19)14(20)7-11/h3-8H,9-10H2,1-2H3,(H,21,24). The topological polar surface area (TPSA) is 56.0 Å². The predicted molar refractivity (Wildman–Crippen MR) is 109 cm³/mol. The molecule has 0 bridgehead atoms. The first kappa shape index (κ1) is 18.9. The van der Waals surface area contributed by atoms with Crippen molar-refractivity contribution in [3.8, 4) is 0 Å². The molecule has 136 valence electrons. The van der Waals surface area contributed by atoms with Crippen LogP contribution in [-0.2, 0) is 24.6 Å². The lowest BCUT2D eigenvalue weighted by atomic mass is 10.2. The number of nitrogens with one attached hydrogen (secondary N) is 1. The number of halogens is 2. The molecule has 1 N–H and O–H groups in total. The number of aryl methyl sites for hydroxylation is 2. The average molecular weight is 410 g/mol. The Kier molecular flexibility index (Phi) is 5.65. The lowest BCUT2D eigenvalue weighted by molar-refractivity contribution is -0.113. The Morgan fingerprint density at radius 1 is 1.04 bits per heavy atom. The molecule has 1 heterocycles. The van der Waals surface area contributed by atoms with Crippen LogP contribution in [0, 0.1) is 0 Å². The summed E-state index contributed by atoms with van der Waals surface area (Å²) in [4.78, 5) is 24.1. The van der Waals surface area contributed by atoms with Gasteiger partial charge in [0.2, 0.25) is 5.91 Å². The Hall–Kier alpha value is -1.89. The molecule has 0 spiro atoms. The number of fused-ring (bicyclic) bond motifs is 1. The van der Waals surface area contributed by atoms with Gasteiger partial charge in [0.05, 0.1) is 26.8 Å². The molecule has 0 fully saturated rings. The summed E-state index contributed by atoms with van der Waals surface area (Å²) in [6, 6.07) is 10.9. The molecular formula is C18H17Cl2N3O2S. The highest BCUT2D eigenvalue weighted by Gasteiger charge is 2.10. The zero-order valence-corrected chi connectivity index (χ0v) is 16.6. The van der Waals surface area contributed by atoms with E-state index in [1.54, 1.807) is 47.5 Å². The number of imidazole rings is 1. The van der Waals surface area contributed by atoms with Crippen LogP contribution in [0.1, 0.15) is 5.56 Å². The number of benzene rings is 2. The normalized spacial score (nSPS) is 11.1. The number of thioether (sulfide) groups is 1. The number of nitrogens with zero attached hydrogens (tertiary/aromatic N) is 2. The zero-order chi connectivity index (χ0) is 18.8. The van der Waals surface area contributed by atoms with Gasteiger partial charge >= 0.3 is 5.69 Å². The first-order valence-electron chi connectivity index (χ1n) is 7.84. The quantitative estimate of drug-likeness (QED) is 0.691. The molecule has 3 aromatic rings. The lowest BCUT2D eigenvalue weighted by Gasteiger charge is -2.07. The van der Waals surface area contributed by atoms with Crippen molar-refractivity contribution >= 4 is 57.6 Å². The fourth-order valence-corrected chi connectivity index (χ4v) is 3.77. The first-order valence-corrected chi connectivity index (χ1v) is 9.75. The number of carbonyl (C=O) groups is 1. The van der Waals surface area contributed by atoms with Crippen LogP contribution < -0.4 is 11.0 Å². The maximum absolute atomic E-state index is 12.2. The van der Waals surface area contributed by atoms with Crippen LogP contribution in [0.4, 0.5) is 5.69 Å². The van der Waals surface area contributed by atoms with Crippen LogP contribution in [0.5, 0.6) is 0 Å². The van der Waals surface area contributed by atoms with Crippen molar-refractivity contribution in [3.05, 3.63) is 62.5 Å². The van der Waals surface area contributed by atoms with Crippen LogP contribution >= 0.6 is 35.0 Å². The molecule has 0 radical (unpaired) electrons. The van der Waals surface area contributed by atoms with Gasteiger partial charge in [-0.15, -0.1) is 11.8 Å². The summed E-state index contributed by atoms with van der Waals surface area (Å²) < 4.78 is 3.14. The van der Waals surface area contributed by atoms with Crippen molar-refractivity contribution in [1.29, 1.82) is 0 Å². The first-order chi connectivity index (χ1) is 12.4. The SMILES string of the molecule is Cn1c(=O)n(C)c2cc(NC(=O)CSCc3ccc(Cl)c(Cl)c3)ccc21. The molecule has 1 aromatic heterocycles. The second-order valence-electron chi connectivity index (χ2n) is 5.89. The molecule has 3 rings (SSSR count). The zero-order valence-electron chi connectivity index (χ0n) is 14.3. The second kappa shape index (κ2) is 7.78. The molecule has 0 aliphatic heterocycles. The summed E-state index contributed by atoms with van der Waals surface area (Å²) in [6.07, 6.45) is 0. The maximum atomic E-state index is 12.2. The van der Waals surface area contributed by atoms with Gasteiger partial charge in [0, 0.05) is 25.5 Å². The molecule has 26 heavy (non-hydrogen) atoms. The van der Waals surface area contributed by atoms with Gasteiger partial charge in [-0.25, -0.2) is 4.79 Å². The van der Waals surface area contributed by atoms with E-state index in [0.717, 1.165) is 16.6 Å². The van der Waals surface area contributed by atoms with E-state index in [2.05, 4.69) is 5.32 Å². The minimum absolute atomic E-state index is 0.0966. The van der Waals surface area contributed by atoms with Gasteiger partial charge in [0.15, 0.2) is 0 Å². The van der Waals surface area contributed by atoms with Crippen molar-refractivity contribution in [2.45, 2.75) is 5.75 Å². The average Bonchev–Trinajstić information content (AvgIpc) is 2.82. The van der Waals surface area contributed by atoms with Crippen molar-refractivity contribution in [1.82, 2.24) is 9.13 Å². The Morgan fingerprint density at radius 3 is 2.50 bits per heavy atom. The van der Waals surface area contributed by atoms with Gasteiger partial charge in [-0.3, -0.25) is 13.9 Å². The van der Waals surface area contributed by atoms with Crippen molar-refractivity contribution in [3.63, 3.8) is 0 Å². The number of hydrogen-bond acceptors (Lipinski definition) is 3. The Bertz CT molecular complexity index is 1040. The molecule has 0 unspecified atom stereocenters. The van der Waals surface area contributed by atoms with E-state index in [-0.39, 0.29) is 11.6 Å². The number of aromatic nitrogens is 2. The van der Waals surface area contributed by atoms with E-state index >= 15 is 0 Å². The molecule has 0 aliphatic rings. The van der Waals surface area contributed by atoms with Crippen LogP contribution in [-0.4, -0.2) is 20.8 Å². The summed E-state index contributed by atoms with van der Waals surface area (Å²) >= 11 is 13.4. The van der Waals surface area contributed by atoms with Gasteiger partial charge in [-0.05, 0) is 35.9 Å². The second-order valence-corrected chi connectivity index (χ2v) is 7.69. The number of rotatable bonds is 5. The van der Waals surface area contributed by atoms with Gasteiger partial charge in [0.25, 0.3) is 0 Å². The summed E-state index contributed by atoms with van der Waals surface area (Å²) in [7, 11) is 3.44. The third-order valence-electron chi connectivity index (χ3n) is 4.04. The number of anilines is 1. The highest BCUT2D eigenvalue weighted by atomic mass is 35.5. The largest absolute Gasteiger partial charge is 0.328 e. The molecule has 5 nitrogen and oxygen atoms in total. The van der Waals surface area contributed by atoms with Gasteiger partial charge < -0.3 is 5.32 Å². The molecule has 1 amide bonds. The predicted octanol–water partition coefficient (Wildman–Crippen LogP) is 4.06. The van der Waals surface area contributed by atoms with Crippen LogP contribution in [0.2, 0.25) is 10.0 Å². The molecular weight excluding hydrogens is 393 g/mol. The minimum Gasteiger partial charge on any atom is -0.325 e. The van der Waals surface area contributed by atoms with Gasteiger partial charge in [0.1, 0.15) is 0 Å². The van der Waals surface area contributed by atoms with Gasteiger partial charge in [-0.2, -0.15) is 0 Å². The summed E-state index contributed by atoms with van der Waals surface area (Å²) in [5.74, 6) is 0.873. The number of carbonyl (C=O) groups excluding carboxylic acids is 1. The summed E-state index contributed by atoms with van der Waals surface area (Å²) in [5.41, 5.74) is 3.18. The van der Waals surface area contributed by atoms with E-state index < -0.39 is 0 Å².